The van der Waals surface area contributed by atoms with Crippen LogP contribution in [0.25, 0.3) is 10.8 Å². The van der Waals surface area contributed by atoms with Gasteiger partial charge in [-0.25, -0.2) is 4.98 Å². The Morgan fingerprint density at radius 3 is 2.37 bits per heavy atom. The number of ketones is 1. The largest absolute Gasteiger partial charge is 0.396 e. The summed E-state index contributed by atoms with van der Waals surface area (Å²) in [6.45, 7) is 0.325. The van der Waals surface area contributed by atoms with Crippen LogP contribution in [0.3, 0.4) is 0 Å². The molecule has 0 saturated carbocycles. The van der Waals surface area contributed by atoms with Gasteiger partial charge in [0.15, 0.2) is 10.9 Å². The number of hydrogen-bond donors (Lipinski definition) is 5. The van der Waals surface area contributed by atoms with E-state index >= 15 is 0 Å². The van der Waals surface area contributed by atoms with Crippen molar-refractivity contribution in [2.45, 2.75) is 12.8 Å². The number of aromatic nitrogens is 1. The van der Waals surface area contributed by atoms with E-state index in [0.717, 1.165) is 22.1 Å². The van der Waals surface area contributed by atoms with Crippen LogP contribution in [0.1, 0.15) is 33.7 Å². The van der Waals surface area contributed by atoms with Gasteiger partial charge in [0.2, 0.25) is 0 Å². The smallest absolute Gasteiger partial charge is 0.256 e. The minimum Gasteiger partial charge on any atom is -0.396 e. The van der Waals surface area contributed by atoms with Crippen molar-refractivity contribution in [3.8, 4) is 0 Å². The summed E-state index contributed by atoms with van der Waals surface area (Å²) in [6.07, 6.45) is 0.448. The summed E-state index contributed by atoms with van der Waals surface area (Å²) in [5.74, 6) is -0.614. The number of nitrogens with one attached hydrogen (secondary N) is 3. The van der Waals surface area contributed by atoms with Gasteiger partial charge >= 0.3 is 0 Å². The van der Waals surface area contributed by atoms with Gasteiger partial charge in [0, 0.05) is 36.5 Å². The van der Waals surface area contributed by atoms with E-state index in [-0.39, 0.29) is 37.0 Å². The maximum Gasteiger partial charge on any atom is 0.256 e. The number of anilines is 4. The number of nitrogens with zero attached hydrogens (tertiary/aromatic N) is 1. The van der Waals surface area contributed by atoms with E-state index < -0.39 is 0 Å². The van der Waals surface area contributed by atoms with Gasteiger partial charge in [0.05, 0.1) is 6.61 Å². The summed E-state index contributed by atoms with van der Waals surface area (Å²) >= 11 is 1.18. The van der Waals surface area contributed by atoms with Crippen LogP contribution in [0.4, 0.5) is 21.5 Å². The van der Waals surface area contributed by atoms with Gasteiger partial charge in [-0.15, -0.1) is 0 Å². The number of amides is 1. The zero-order chi connectivity index (χ0) is 24.6. The Bertz CT molecular complexity index is 1320. The van der Waals surface area contributed by atoms with Crippen LogP contribution in [0.5, 0.6) is 0 Å². The third kappa shape index (κ3) is 6.21. The van der Waals surface area contributed by atoms with Crippen molar-refractivity contribution in [3.05, 3.63) is 78.0 Å². The van der Waals surface area contributed by atoms with E-state index in [4.69, 9.17) is 10.2 Å². The third-order valence-corrected chi connectivity index (χ3v) is 6.16. The minimum absolute atomic E-state index is 0.0102. The van der Waals surface area contributed by atoms with Crippen molar-refractivity contribution < 1.29 is 19.8 Å². The van der Waals surface area contributed by atoms with E-state index in [2.05, 4.69) is 20.9 Å². The first-order valence-corrected chi connectivity index (χ1v) is 12.1. The lowest BCUT2D eigenvalue weighted by molar-refractivity contribution is 0.0968. The zero-order valence-electron chi connectivity index (χ0n) is 19.0. The molecule has 0 unspecified atom stereocenters. The maximum absolute atomic E-state index is 12.9. The fourth-order valence-corrected chi connectivity index (χ4v) is 4.41. The van der Waals surface area contributed by atoms with Gasteiger partial charge in [0.1, 0.15) is 10.7 Å². The number of rotatable bonds is 11. The quantitative estimate of drug-likeness (QED) is 0.194. The summed E-state index contributed by atoms with van der Waals surface area (Å²) in [7, 11) is 0. The Labute approximate surface area is 206 Å². The Hall–Kier alpha value is -3.79. The number of Topliss-reactive ketones (excluding diaryl/α,β-unsaturated/α-hetero) is 1. The highest BCUT2D eigenvalue weighted by Gasteiger charge is 2.20. The third-order valence-electron chi connectivity index (χ3n) is 5.27. The summed E-state index contributed by atoms with van der Waals surface area (Å²) in [4.78, 5) is 30.1. The molecule has 0 aliphatic rings. The molecule has 0 aliphatic heterocycles. The zero-order valence-corrected chi connectivity index (χ0v) is 19.8. The van der Waals surface area contributed by atoms with Crippen LogP contribution in [-0.4, -0.2) is 46.6 Å². The van der Waals surface area contributed by atoms with Crippen LogP contribution in [0.2, 0.25) is 0 Å². The first kappa shape index (κ1) is 24.3. The average molecular weight is 491 g/mol. The molecule has 0 spiro atoms. The number of benzene rings is 3. The summed E-state index contributed by atoms with van der Waals surface area (Å²) in [6, 6.07) is 20.7. The number of hydrogen-bond acceptors (Lipinski definition) is 8. The van der Waals surface area contributed by atoms with E-state index in [0.29, 0.717) is 28.7 Å². The molecule has 0 fully saturated rings. The molecule has 4 rings (SSSR count). The molecule has 35 heavy (non-hydrogen) atoms. The van der Waals surface area contributed by atoms with Crippen LogP contribution in [0.15, 0.2) is 66.7 Å². The molecule has 180 valence electrons. The second kappa shape index (κ2) is 11.6. The fourth-order valence-electron chi connectivity index (χ4n) is 3.51. The number of carbonyl (C=O) groups is 2. The molecule has 0 atom stereocenters. The highest BCUT2D eigenvalue weighted by Crippen LogP contribution is 2.33. The van der Waals surface area contributed by atoms with E-state index in [1.165, 1.54) is 11.3 Å². The Kier molecular flexibility index (Phi) is 8.04. The standard InChI is InChI=1S/C26H26N4O4S/c31-14-3-6-22(33)23-25(30-24(34)18-8-10-20(11-9-18)27-13-15-32)35-26(29-23)28-21-12-7-17-4-1-2-5-19(17)16-21/h1-2,4-5,7-12,16,27,31-32H,3,6,13-15H2,(H,28,29)(H,30,34). The molecular formula is C26H26N4O4S. The van der Waals surface area contributed by atoms with Crippen molar-refractivity contribution in [1.82, 2.24) is 4.98 Å². The average Bonchev–Trinajstić information content (AvgIpc) is 3.28. The fraction of sp³-hybridized carbons (Fsp3) is 0.192. The van der Waals surface area contributed by atoms with Gasteiger partial charge in [-0.1, -0.05) is 41.7 Å². The number of carbonyl (C=O) groups excluding carboxylic acids is 2. The molecule has 9 heteroatoms. The maximum atomic E-state index is 12.9. The van der Waals surface area contributed by atoms with Gasteiger partial charge in [0.25, 0.3) is 5.91 Å². The van der Waals surface area contributed by atoms with E-state index in [1.54, 1.807) is 24.3 Å². The topological polar surface area (TPSA) is 124 Å². The molecule has 0 bridgehead atoms. The van der Waals surface area contributed by atoms with Gasteiger partial charge in [-0.2, -0.15) is 0 Å². The Morgan fingerprint density at radius 1 is 0.886 bits per heavy atom. The predicted molar refractivity (Wildman–Crippen MR) is 140 cm³/mol. The Balaban J connectivity index is 1.55. The predicted octanol–water partition coefficient (Wildman–Crippen LogP) is 4.65. The molecule has 5 N–H and O–H groups in total. The minimum atomic E-state index is -0.365. The molecule has 3 aromatic carbocycles. The summed E-state index contributed by atoms with van der Waals surface area (Å²) in [5, 5.41) is 30.1. The normalized spacial score (nSPS) is 10.8. The van der Waals surface area contributed by atoms with Gasteiger partial charge in [-0.05, 0) is 53.6 Å². The van der Waals surface area contributed by atoms with Crippen molar-refractivity contribution >= 4 is 55.3 Å². The molecule has 0 aliphatic carbocycles. The van der Waals surface area contributed by atoms with Crippen LogP contribution < -0.4 is 16.0 Å². The summed E-state index contributed by atoms with van der Waals surface area (Å²) in [5.41, 5.74) is 2.19. The monoisotopic (exact) mass is 490 g/mol. The molecule has 0 radical (unpaired) electrons. The Morgan fingerprint density at radius 2 is 1.63 bits per heavy atom. The second-order valence-corrected chi connectivity index (χ2v) is 8.81. The number of aliphatic hydroxyl groups excluding tert-OH is 2. The molecule has 1 aromatic heterocycles. The molecule has 1 amide bonds. The van der Waals surface area contributed by atoms with Gasteiger partial charge < -0.3 is 26.2 Å². The lowest BCUT2D eigenvalue weighted by Gasteiger charge is -2.07. The van der Waals surface area contributed by atoms with Crippen LogP contribution in [-0.2, 0) is 0 Å². The van der Waals surface area contributed by atoms with E-state index in [9.17, 15) is 9.59 Å². The molecule has 0 saturated heterocycles. The van der Waals surface area contributed by atoms with Crippen molar-refractivity contribution in [3.63, 3.8) is 0 Å². The highest BCUT2D eigenvalue weighted by molar-refractivity contribution is 7.20. The molecule has 1 heterocycles. The second-order valence-electron chi connectivity index (χ2n) is 7.82. The number of thiazole rings is 1. The first-order chi connectivity index (χ1) is 17.1. The van der Waals surface area contributed by atoms with Crippen LogP contribution >= 0.6 is 11.3 Å². The first-order valence-electron chi connectivity index (χ1n) is 11.2. The van der Waals surface area contributed by atoms with Crippen molar-refractivity contribution in [2.24, 2.45) is 0 Å². The van der Waals surface area contributed by atoms with Crippen LogP contribution in [0, 0.1) is 0 Å². The lowest BCUT2D eigenvalue weighted by atomic mass is 10.1. The number of aliphatic hydroxyl groups is 2. The van der Waals surface area contributed by atoms with Crippen molar-refractivity contribution in [1.29, 1.82) is 0 Å². The number of fused-ring (bicyclic) bond motifs is 1. The SMILES string of the molecule is O=C(Nc1sc(Nc2ccc3ccccc3c2)nc1C(=O)CCCO)c1ccc(NCCO)cc1. The summed E-state index contributed by atoms with van der Waals surface area (Å²) < 4.78 is 0. The molecule has 4 aromatic rings. The molecular weight excluding hydrogens is 464 g/mol. The highest BCUT2D eigenvalue weighted by atomic mass is 32.1. The lowest BCUT2D eigenvalue weighted by Crippen LogP contribution is -2.14. The van der Waals surface area contributed by atoms with E-state index in [1.807, 2.05) is 42.5 Å². The molecule has 8 nitrogen and oxygen atoms in total. The van der Waals surface area contributed by atoms with Crippen molar-refractivity contribution in [2.75, 3.05) is 35.7 Å². The van der Waals surface area contributed by atoms with Gasteiger partial charge in [-0.3, -0.25) is 9.59 Å².